The molecule has 1 saturated carbocycles. The van der Waals surface area contributed by atoms with E-state index in [9.17, 15) is 4.79 Å². The van der Waals surface area contributed by atoms with Crippen LogP contribution in [0.2, 0.25) is 10.0 Å². The quantitative estimate of drug-likeness (QED) is 0.805. The van der Waals surface area contributed by atoms with Crippen LogP contribution in [0, 0.1) is 0 Å². The van der Waals surface area contributed by atoms with Gasteiger partial charge in [0.15, 0.2) is 0 Å². The first-order chi connectivity index (χ1) is 11.0. The standard InChI is InChI=1S/C19H19Cl2NO/c20-17-9-8-15(11-18(17)21)16(19(22)23)10-12-4-6-14(7-5-12)13-2-1-3-13/h4-9,11,13,16H,1-3,10H2,(H2,22,23). The Kier molecular flexibility index (Phi) is 4.93. The van der Waals surface area contributed by atoms with Crippen molar-refractivity contribution in [3.8, 4) is 0 Å². The summed E-state index contributed by atoms with van der Waals surface area (Å²) in [6, 6.07) is 13.8. The average Bonchev–Trinajstić information content (AvgIpc) is 2.47. The van der Waals surface area contributed by atoms with Crippen molar-refractivity contribution in [2.75, 3.05) is 0 Å². The highest BCUT2D eigenvalue weighted by atomic mass is 35.5. The number of benzene rings is 2. The van der Waals surface area contributed by atoms with Crippen molar-refractivity contribution in [3.05, 3.63) is 69.2 Å². The highest BCUT2D eigenvalue weighted by Gasteiger charge is 2.21. The van der Waals surface area contributed by atoms with Crippen LogP contribution in [-0.2, 0) is 11.2 Å². The molecule has 0 heterocycles. The predicted molar refractivity (Wildman–Crippen MR) is 95.1 cm³/mol. The van der Waals surface area contributed by atoms with E-state index in [2.05, 4.69) is 24.3 Å². The molecule has 1 aliphatic carbocycles. The first-order valence-electron chi connectivity index (χ1n) is 7.87. The Morgan fingerprint density at radius 3 is 2.30 bits per heavy atom. The lowest BCUT2D eigenvalue weighted by Crippen LogP contribution is -2.23. The summed E-state index contributed by atoms with van der Waals surface area (Å²) in [6.07, 6.45) is 4.46. The van der Waals surface area contributed by atoms with E-state index in [0.29, 0.717) is 22.4 Å². The Morgan fingerprint density at radius 2 is 1.78 bits per heavy atom. The third-order valence-corrected chi connectivity index (χ3v) is 5.42. The highest BCUT2D eigenvalue weighted by molar-refractivity contribution is 6.42. The topological polar surface area (TPSA) is 43.1 Å². The molecule has 23 heavy (non-hydrogen) atoms. The summed E-state index contributed by atoms with van der Waals surface area (Å²) in [5, 5.41) is 0.916. The largest absolute Gasteiger partial charge is 0.369 e. The minimum Gasteiger partial charge on any atom is -0.369 e. The zero-order valence-electron chi connectivity index (χ0n) is 12.8. The summed E-state index contributed by atoms with van der Waals surface area (Å²) in [5.41, 5.74) is 8.89. The van der Waals surface area contributed by atoms with Crippen LogP contribution >= 0.6 is 23.2 Å². The molecular weight excluding hydrogens is 329 g/mol. The van der Waals surface area contributed by atoms with Crippen molar-refractivity contribution >= 4 is 29.1 Å². The van der Waals surface area contributed by atoms with Crippen LogP contribution in [0.3, 0.4) is 0 Å². The highest BCUT2D eigenvalue weighted by Crippen LogP contribution is 2.36. The van der Waals surface area contributed by atoms with Crippen LogP contribution in [0.5, 0.6) is 0 Å². The Morgan fingerprint density at radius 1 is 1.09 bits per heavy atom. The van der Waals surface area contributed by atoms with Gasteiger partial charge in [-0.1, -0.05) is 60.0 Å². The number of carbonyl (C=O) groups excluding carboxylic acids is 1. The van der Waals surface area contributed by atoms with E-state index in [0.717, 1.165) is 11.1 Å². The fraction of sp³-hybridized carbons (Fsp3) is 0.316. The Hall–Kier alpha value is -1.51. The maximum absolute atomic E-state index is 11.9. The van der Waals surface area contributed by atoms with Gasteiger partial charge >= 0.3 is 0 Å². The first kappa shape index (κ1) is 16.4. The Balaban J connectivity index is 1.78. The fourth-order valence-corrected chi connectivity index (χ4v) is 3.32. The summed E-state index contributed by atoms with van der Waals surface area (Å²) < 4.78 is 0. The summed E-state index contributed by atoms with van der Waals surface area (Å²) in [5.74, 6) is -0.0446. The second-order valence-electron chi connectivity index (χ2n) is 6.20. The van der Waals surface area contributed by atoms with Crippen LogP contribution in [0.25, 0.3) is 0 Å². The molecule has 1 fully saturated rings. The molecule has 2 aromatic carbocycles. The fourth-order valence-electron chi connectivity index (χ4n) is 3.02. The number of nitrogens with two attached hydrogens (primary N) is 1. The molecule has 2 aromatic rings. The third-order valence-electron chi connectivity index (χ3n) is 4.69. The van der Waals surface area contributed by atoms with Crippen molar-refractivity contribution in [2.45, 2.75) is 37.5 Å². The van der Waals surface area contributed by atoms with Gasteiger partial charge in [-0.05, 0) is 54.0 Å². The molecule has 120 valence electrons. The molecule has 0 saturated heterocycles. The maximum atomic E-state index is 11.9. The van der Waals surface area contributed by atoms with Crippen LogP contribution < -0.4 is 5.73 Å². The van der Waals surface area contributed by atoms with Gasteiger partial charge in [-0.25, -0.2) is 0 Å². The van der Waals surface area contributed by atoms with Crippen LogP contribution in [0.4, 0.5) is 0 Å². The molecule has 3 rings (SSSR count). The minimum atomic E-state index is -0.403. The number of hydrogen-bond acceptors (Lipinski definition) is 1. The van der Waals surface area contributed by atoms with Gasteiger partial charge in [0.05, 0.1) is 16.0 Å². The van der Waals surface area contributed by atoms with E-state index in [1.165, 1.54) is 24.8 Å². The number of amides is 1. The van der Waals surface area contributed by atoms with Gasteiger partial charge in [0.2, 0.25) is 5.91 Å². The monoisotopic (exact) mass is 347 g/mol. The summed E-state index contributed by atoms with van der Waals surface area (Å²) in [7, 11) is 0. The molecule has 0 radical (unpaired) electrons. The van der Waals surface area contributed by atoms with Gasteiger partial charge < -0.3 is 5.73 Å². The van der Waals surface area contributed by atoms with Crippen molar-refractivity contribution in [3.63, 3.8) is 0 Å². The third kappa shape index (κ3) is 3.70. The van der Waals surface area contributed by atoms with E-state index in [1.807, 2.05) is 6.07 Å². The minimum absolute atomic E-state index is 0.355. The van der Waals surface area contributed by atoms with Gasteiger partial charge in [0.1, 0.15) is 0 Å². The molecular formula is C19H19Cl2NO. The second-order valence-corrected chi connectivity index (χ2v) is 7.02. The van der Waals surface area contributed by atoms with Gasteiger partial charge in [-0.15, -0.1) is 0 Å². The molecule has 1 unspecified atom stereocenters. The molecule has 2 N–H and O–H groups in total. The Bertz CT molecular complexity index is 708. The molecule has 1 atom stereocenters. The molecule has 0 aromatic heterocycles. The SMILES string of the molecule is NC(=O)C(Cc1ccc(C2CCC2)cc1)c1ccc(Cl)c(Cl)c1. The smallest absolute Gasteiger partial charge is 0.225 e. The van der Waals surface area contributed by atoms with Crippen molar-refractivity contribution in [2.24, 2.45) is 5.73 Å². The Labute approximate surface area is 146 Å². The van der Waals surface area contributed by atoms with E-state index in [1.54, 1.807) is 12.1 Å². The van der Waals surface area contributed by atoms with E-state index >= 15 is 0 Å². The van der Waals surface area contributed by atoms with Crippen molar-refractivity contribution in [1.29, 1.82) is 0 Å². The zero-order valence-corrected chi connectivity index (χ0v) is 14.3. The first-order valence-corrected chi connectivity index (χ1v) is 8.63. The normalized spacial score (nSPS) is 15.9. The number of rotatable bonds is 5. The van der Waals surface area contributed by atoms with Gasteiger partial charge in [0.25, 0.3) is 0 Å². The molecule has 1 aliphatic rings. The number of carbonyl (C=O) groups is 1. The number of hydrogen-bond donors (Lipinski definition) is 1. The van der Waals surface area contributed by atoms with Gasteiger partial charge in [-0.2, -0.15) is 0 Å². The van der Waals surface area contributed by atoms with E-state index < -0.39 is 5.92 Å². The van der Waals surface area contributed by atoms with Gasteiger partial charge in [-0.3, -0.25) is 4.79 Å². The summed E-state index contributed by atoms with van der Waals surface area (Å²) >= 11 is 12.0. The molecule has 0 aliphatic heterocycles. The average molecular weight is 348 g/mol. The van der Waals surface area contributed by atoms with Crippen LogP contribution in [-0.4, -0.2) is 5.91 Å². The second kappa shape index (κ2) is 6.94. The lowest BCUT2D eigenvalue weighted by molar-refractivity contribution is -0.119. The van der Waals surface area contributed by atoms with E-state index in [4.69, 9.17) is 28.9 Å². The number of halogens is 2. The van der Waals surface area contributed by atoms with Gasteiger partial charge in [0, 0.05) is 0 Å². The molecule has 0 spiro atoms. The molecule has 0 bridgehead atoms. The van der Waals surface area contributed by atoms with Crippen LogP contribution in [0.1, 0.15) is 47.8 Å². The number of primary amides is 1. The molecule has 2 nitrogen and oxygen atoms in total. The predicted octanol–water partition coefficient (Wildman–Crippen LogP) is 5.07. The lowest BCUT2D eigenvalue weighted by atomic mass is 9.79. The van der Waals surface area contributed by atoms with Crippen molar-refractivity contribution < 1.29 is 4.79 Å². The summed E-state index contributed by atoms with van der Waals surface area (Å²) in [4.78, 5) is 11.9. The van der Waals surface area contributed by atoms with Crippen LogP contribution in [0.15, 0.2) is 42.5 Å². The zero-order chi connectivity index (χ0) is 16.4. The molecule has 1 amide bonds. The lowest BCUT2D eigenvalue weighted by Gasteiger charge is -2.26. The van der Waals surface area contributed by atoms with Crippen molar-refractivity contribution in [1.82, 2.24) is 0 Å². The van der Waals surface area contributed by atoms with E-state index in [-0.39, 0.29) is 5.91 Å². The molecule has 4 heteroatoms. The summed E-state index contributed by atoms with van der Waals surface area (Å²) in [6.45, 7) is 0. The maximum Gasteiger partial charge on any atom is 0.225 e.